The smallest absolute Gasteiger partial charge is 0.270 e. The molecule has 2 aliphatic rings. The molecule has 1 aromatic rings. The molecule has 0 radical (unpaired) electrons. The van der Waals surface area contributed by atoms with Crippen LogP contribution in [0.5, 0.6) is 0 Å². The summed E-state index contributed by atoms with van der Waals surface area (Å²) in [6.45, 7) is 0.681. The van der Waals surface area contributed by atoms with E-state index in [9.17, 15) is 4.79 Å². The number of nitrogens with one attached hydrogen (secondary N) is 2. The molecule has 25 heavy (non-hydrogen) atoms. The van der Waals surface area contributed by atoms with E-state index >= 15 is 0 Å². The highest BCUT2D eigenvalue weighted by molar-refractivity contribution is 5.92. The second kappa shape index (κ2) is 9.54. The Kier molecular flexibility index (Phi) is 6.83. The van der Waals surface area contributed by atoms with Crippen molar-refractivity contribution < 1.29 is 4.79 Å². The van der Waals surface area contributed by atoms with Gasteiger partial charge in [0.15, 0.2) is 0 Å². The first-order valence-corrected chi connectivity index (χ1v) is 9.87. The zero-order valence-corrected chi connectivity index (χ0v) is 15.1. The maximum atomic E-state index is 12.3. The van der Waals surface area contributed by atoms with E-state index in [1.54, 1.807) is 12.3 Å². The molecular weight excluding hydrogens is 312 g/mol. The molecule has 0 saturated heterocycles. The lowest BCUT2D eigenvalue weighted by atomic mass is 9.97. The van der Waals surface area contributed by atoms with Crippen LogP contribution >= 0.6 is 0 Å². The maximum Gasteiger partial charge on any atom is 0.270 e. The number of nitrogens with zero attached hydrogens (tertiary/aromatic N) is 2. The first-order valence-electron chi connectivity index (χ1n) is 9.87. The van der Waals surface area contributed by atoms with Crippen LogP contribution in [-0.4, -0.2) is 28.5 Å². The van der Waals surface area contributed by atoms with Crippen LogP contribution in [0.15, 0.2) is 23.9 Å². The Labute approximate surface area is 150 Å². The second-order valence-electron chi connectivity index (χ2n) is 7.21. The number of allylic oxidation sites excluding steroid dienone is 1. The van der Waals surface area contributed by atoms with Gasteiger partial charge in [-0.05, 0) is 51.0 Å². The fraction of sp³-hybridized carbons (Fsp3) is 0.650. The lowest BCUT2D eigenvalue weighted by molar-refractivity contribution is 0.0949. The Morgan fingerprint density at radius 3 is 2.72 bits per heavy atom. The third-order valence-electron chi connectivity index (χ3n) is 5.19. The van der Waals surface area contributed by atoms with Crippen LogP contribution in [0, 0.1) is 0 Å². The van der Waals surface area contributed by atoms with Gasteiger partial charge < -0.3 is 10.6 Å². The standard InChI is InChI=1S/C20H30N4O/c25-19(21-14-12-16-8-4-3-5-9-16)18-13-15-22-20(24-18)23-17-10-6-1-2-7-11-17/h8,13,15,17H,1-7,9-12,14H2,(H,21,25)(H,22,23,24). The molecule has 0 spiro atoms. The third kappa shape index (κ3) is 5.83. The van der Waals surface area contributed by atoms with Crippen LogP contribution in [0.3, 0.4) is 0 Å². The van der Waals surface area contributed by atoms with E-state index in [1.165, 1.54) is 56.9 Å². The van der Waals surface area contributed by atoms with E-state index < -0.39 is 0 Å². The van der Waals surface area contributed by atoms with Crippen molar-refractivity contribution in [2.75, 3.05) is 11.9 Å². The molecule has 5 heteroatoms. The van der Waals surface area contributed by atoms with Gasteiger partial charge in [-0.1, -0.05) is 37.3 Å². The van der Waals surface area contributed by atoms with Crippen molar-refractivity contribution in [3.63, 3.8) is 0 Å². The number of aromatic nitrogens is 2. The second-order valence-corrected chi connectivity index (χ2v) is 7.21. The summed E-state index contributed by atoms with van der Waals surface area (Å²) < 4.78 is 0. The number of rotatable bonds is 6. The Morgan fingerprint density at radius 1 is 1.12 bits per heavy atom. The highest BCUT2D eigenvalue weighted by Crippen LogP contribution is 2.20. The molecule has 5 nitrogen and oxygen atoms in total. The predicted octanol–water partition coefficient (Wildman–Crippen LogP) is 4.23. The predicted molar refractivity (Wildman–Crippen MR) is 101 cm³/mol. The molecule has 1 amide bonds. The van der Waals surface area contributed by atoms with E-state index in [2.05, 4.69) is 26.7 Å². The summed E-state index contributed by atoms with van der Waals surface area (Å²) in [5, 5.41) is 6.40. The Morgan fingerprint density at radius 2 is 1.96 bits per heavy atom. The van der Waals surface area contributed by atoms with Crippen molar-refractivity contribution in [2.45, 2.75) is 76.7 Å². The van der Waals surface area contributed by atoms with Crippen LogP contribution in [-0.2, 0) is 0 Å². The van der Waals surface area contributed by atoms with Crippen molar-refractivity contribution >= 4 is 11.9 Å². The van der Waals surface area contributed by atoms with Gasteiger partial charge in [-0.2, -0.15) is 0 Å². The van der Waals surface area contributed by atoms with Crippen molar-refractivity contribution in [3.8, 4) is 0 Å². The van der Waals surface area contributed by atoms with E-state index in [4.69, 9.17) is 0 Å². The minimum atomic E-state index is -0.109. The van der Waals surface area contributed by atoms with Crippen LogP contribution in [0.1, 0.15) is 81.1 Å². The Balaban J connectivity index is 1.49. The van der Waals surface area contributed by atoms with Crippen molar-refractivity contribution in [1.29, 1.82) is 0 Å². The van der Waals surface area contributed by atoms with E-state index in [0.717, 1.165) is 19.3 Å². The number of hydrogen-bond acceptors (Lipinski definition) is 4. The average Bonchev–Trinajstić information content (AvgIpc) is 2.91. The summed E-state index contributed by atoms with van der Waals surface area (Å²) in [5.41, 5.74) is 1.92. The first-order chi connectivity index (χ1) is 12.3. The number of carbonyl (C=O) groups excluding carboxylic acids is 1. The van der Waals surface area contributed by atoms with Gasteiger partial charge in [0, 0.05) is 18.8 Å². The number of amides is 1. The van der Waals surface area contributed by atoms with Crippen molar-refractivity contribution in [1.82, 2.24) is 15.3 Å². The molecule has 0 unspecified atom stereocenters. The minimum Gasteiger partial charge on any atom is -0.351 e. The zero-order valence-electron chi connectivity index (χ0n) is 15.1. The van der Waals surface area contributed by atoms with Gasteiger partial charge in [-0.15, -0.1) is 0 Å². The molecule has 1 saturated carbocycles. The fourth-order valence-corrected chi connectivity index (χ4v) is 3.72. The van der Waals surface area contributed by atoms with Gasteiger partial charge in [-0.3, -0.25) is 4.79 Å². The van der Waals surface area contributed by atoms with Crippen LogP contribution < -0.4 is 10.6 Å². The van der Waals surface area contributed by atoms with Gasteiger partial charge in [0.1, 0.15) is 5.69 Å². The molecule has 0 bridgehead atoms. The van der Waals surface area contributed by atoms with Crippen molar-refractivity contribution in [2.24, 2.45) is 0 Å². The van der Waals surface area contributed by atoms with E-state index in [0.29, 0.717) is 24.2 Å². The molecule has 2 N–H and O–H groups in total. The van der Waals surface area contributed by atoms with Gasteiger partial charge in [0.05, 0.1) is 0 Å². The topological polar surface area (TPSA) is 66.9 Å². The molecule has 0 aliphatic heterocycles. The molecule has 0 atom stereocenters. The highest BCUT2D eigenvalue weighted by Gasteiger charge is 2.14. The van der Waals surface area contributed by atoms with E-state index in [1.807, 2.05) is 0 Å². The minimum absolute atomic E-state index is 0.109. The summed E-state index contributed by atoms with van der Waals surface area (Å²) >= 11 is 0. The molecule has 136 valence electrons. The molecule has 1 aromatic heterocycles. The zero-order chi connectivity index (χ0) is 17.3. The molecule has 1 heterocycles. The molecule has 1 fully saturated rings. The van der Waals surface area contributed by atoms with Crippen LogP contribution in [0.4, 0.5) is 5.95 Å². The maximum absolute atomic E-state index is 12.3. The lowest BCUT2D eigenvalue weighted by Crippen LogP contribution is -2.27. The molecule has 3 rings (SSSR count). The van der Waals surface area contributed by atoms with E-state index in [-0.39, 0.29) is 5.91 Å². The van der Waals surface area contributed by atoms with Crippen LogP contribution in [0.25, 0.3) is 0 Å². The summed E-state index contributed by atoms with van der Waals surface area (Å²) in [5.74, 6) is 0.470. The normalized spacial score (nSPS) is 19.0. The van der Waals surface area contributed by atoms with Gasteiger partial charge in [0.2, 0.25) is 5.95 Å². The lowest BCUT2D eigenvalue weighted by Gasteiger charge is -2.16. The first kappa shape index (κ1) is 17.9. The molecule has 0 aromatic carbocycles. The Hall–Kier alpha value is -1.91. The SMILES string of the molecule is O=C(NCCC1=CCCCC1)c1ccnc(NC2CCCCCC2)n1. The fourth-order valence-electron chi connectivity index (χ4n) is 3.72. The molecule has 2 aliphatic carbocycles. The van der Waals surface area contributed by atoms with Gasteiger partial charge in [-0.25, -0.2) is 9.97 Å². The van der Waals surface area contributed by atoms with Crippen molar-refractivity contribution in [3.05, 3.63) is 29.6 Å². The summed E-state index contributed by atoms with van der Waals surface area (Å²) in [6.07, 6.45) is 17.4. The summed E-state index contributed by atoms with van der Waals surface area (Å²) in [4.78, 5) is 21.0. The largest absolute Gasteiger partial charge is 0.351 e. The summed E-state index contributed by atoms with van der Waals surface area (Å²) in [7, 11) is 0. The Bertz CT molecular complexity index is 591. The average molecular weight is 342 g/mol. The monoisotopic (exact) mass is 342 g/mol. The molecular formula is C20H30N4O. The number of carbonyl (C=O) groups is 1. The van der Waals surface area contributed by atoms with Crippen LogP contribution in [0.2, 0.25) is 0 Å². The third-order valence-corrected chi connectivity index (χ3v) is 5.19. The highest BCUT2D eigenvalue weighted by atomic mass is 16.1. The van der Waals surface area contributed by atoms with Gasteiger partial charge in [0.25, 0.3) is 5.91 Å². The quantitative estimate of drug-likeness (QED) is 0.600. The van der Waals surface area contributed by atoms with Gasteiger partial charge >= 0.3 is 0 Å². The number of anilines is 1. The summed E-state index contributed by atoms with van der Waals surface area (Å²) in [6, 6.07) is 2.12. The number of hydrogen-bond donors (Lipinski definition) is 2.